The van der Waals surface area contributed by atoms with Crippen molar-refractivity contribution >= 4 is 39.9 Å². The van der Waals surface area contributed by atoms with Crippen LogP contribution in [-0.2, 0) is 9.31 Å². The predicted octanol–water partition coefficient (Wildman–Crippen LogP) is 4.70. The molecule has 1 fully saturated rings. The normalized spacial score (nSPS) is 18.4. The van der Waals surface area contributed by atoms with Crippen LogP contribution in [0.3, 0.4) is 0 Å². The Balaban J connectivity index is 1.75. The summed E-state index contributed by atoms with van der Waals surface area (Å²) in [6.45, 7) is 12.0. The largest absolute Gasteiger partial charge is 0.494 e. The van der Waals surface area contributed by atoms with Crippen LogP contribution >= 0.6 is 0 Å². The fraction of sp³-hybridized carbons (Fsp3) is 0.348. The van der Waals surface area contributed by atoms with Gasteiger partial charge in [-0.2, -0.15) is 0 Å². The van der Waals surface area contributed by atoms with Crippen molar-refractivity contribution in [3.05, 3.63) is 53.6 Å². The van der Waals surface area contributed by atoms with Gasteiger partial charge in [-0.1, -0.05) is 24.3 Å². The Morgan fingerprint density at radius 3 is 2.31 bits per heavy atom. The maximum atomic E-state index is 15.7. The van der Waals surface area contributed by atoms with E-state index in [4.69, 9.17) is 14.3 Å². The second kappa shape index (κ2) is 5.80. The lowest BCUT2D eigenvalue weighted by molar-refractivity contribution is 0.00578. The number of fused-ring (bicyclic) bond motifs is 5. The molecule has 0 atom stereocenters. The smallest absolute Gasteiger partial charge is 0.399 e. The topological polar surface area (TPSA) is 35.8 Å². The first-order valence-corrected chi connectivity index (χ1v) is 9.95. The monoisotopic (exact) mass is 390 g/mol. The second-order valence-electron chi connectivity index (χ2n) is 9.04. The van der Waals surface area contributed by atoms with Gasteiger partial charge in [-0.3, -0.25) is 4.40 Å². The minimum Gasteiger partial charge on any atom is -0.399 e. The first-order valence-electron chi connectivity index (χ1n) is 9.95. The molecule has 3 heterocycles. The summed E-state index contributed by atoms with van der Waals surface area (Å²) < 4.78 is 29.9. The molecular formula is C23H24BFN2O2. The molecular weight excluding hydrogens is 366 g/mol. The molecule has 2 aromatic heterocycles. The van der Waals surface area contributed by atoms with Crippen molar-refractivity contribution in [3.63, 3.8) is 0 Å². The molecule has 1 saturated heterocycles. The van der Waals surface area contributed by atoms with Gasteiger partial charge in [-0.15, -0.1) is 0 Å². The van der Waals surface area contributed by atoms with Crippen LogP contribution in [0.1, 0.15) is 39.1 Å². The van der Waals surface area contributed by atoms with Gasteiger partial charge in [0.05, 0.1) is 27.8 Å². The number of hydrogen-bond donors (Lipinski definition) is 0. The highest BCUT2D eigenvalue weighted by atomic mass is 19.1. The summed E-state index contributed by atoms with van der Waals surface area (Å²) in [5.41, 5.74) is 3.21. The Kier molecular flexibility index (Phi) is 3.72. The Labute approximate surface area is 169 Å². The molecule has 0 spiro atoms. The molecule has 0 bridgehead atoms. The highest BCUT2D eigenvalue weighted by molar-refractivity contribution is 6.62. The summed E-state index contributed by atoms with van der Waals surface area (Å²) in [5.74, 6) is 0.521. The molecule has 0 radical (unpaired) electrons. The van der Waals surface area contributed by atoms with Gasteiger partial charge in [0.1, 0.15) is 5.82 Å². The van der Waals surface area contributed by atoms with Gasteiger partial charge in [0, 0.05) is 10.8 Å². The molecule has 148 valence electrons. The molecule has 1 aliphatic heterocycles. The van der Waals surface area contributed by atoms with Crippen LogP contribution in [0, 0.1) is 19.7 Å². The van der Waals surface area contributed by atoms with E-state index in [1.165, 1.54) is 0 Å². The molecule has 4 aromatic rings. The quantitative estimate of drug-likeness (QED) is 0.442. The number of hydrogen-bond acceptors (Lipinski definition) is 3. The van der Waals surface area contributed by atoms with E-state index in [9.17, 15) is 0 Å². The van der Waals surface area contributed by atoms with Crippen molar-refractivity contribution < 1.29 is 13.7 Å². The lowest BCUT2D eigenvalue weighted by atomic mass is 9.78. The van der Waals surface area contributed by atoms with E-state index in [0.29, 0.717) is 10.9 Å². The predicted molar refractivity (Wildman–Crippen MR) is 115 cm³/mol. The summed E-state index contributed by atoms with van der Waals surface area (Å²) in [5, 5.41) is 1.36. The minimum atomic E-state index is -0.523. The number of halogens is 1. The molecule has 0 unspecified atom stereocenters. The van der Waals surface area contributed by atoms with E-state index in [1.807, 2.05) is 82.3 Å². The van der Waals surface area contributed by atoms with Gasteiger partial charge in [0.25, 0.3) is 0 Å². The Bertz CT molecular complexity index is 1290. The van der Waals surface area contributed by atoms with Gasteiger partial charge in [0.15, 0.2) is 5.82 Å². The fourth-order valence-corrected chi connectivity index (χ4v) is 4.13. The molecule has 1 aliphatic rings. The lowest BCUT2D eigenvalue weighted by Gasteiger charge is -2.32. The van der Waals surface area contributed by atoms with E-state index in [0.717, 1.165) is 33.3 Å². The average Bonchev–Trinajstić information content (AvgIpc) is 3.05. The first kappa shape index (κ1) is 18.6. The van der Waals surface area contributed by atoms with Gasteiger partial charge >= 0.3 is 7.12 Å². The van der Waals surface area contributed by atoms with Crippen molar-refractivity contribution in [1.29, 1.82) is 0 Å². The number of rotatable bonds is 1. The van der Waals surface area contributed by atoms with E-state index < -0.39 is 18.3 Å². The maximum Gasteiger partial charge on any atom is 0.494 e. The molecule has 4 nitrogen and oxygen atoms in total. The van der Waals surface area contributed by atoms with Crippen LogP contribution < -0.4 is 5.46 Å². The standard InChI is InChI=1S/C23H24BFN2O2/c1-13-7-9-16-18(11-13)26-14(2)27-19-10-8-15(12-17(19)20(25)21(16)27)24-28-22(3,4)23(5,6)29-24/h7-12H,1-6H3. The highest BCUT2D eigenvalue weighted by Gasteiger charge is 2.51. The zero-order valence-electron chi connectivity index (χ0n) is 17.6. The number of nitrogens with zero attached hydrogens (tertiary/aromatic N) is 2. The number of benzene rings is 2. The van der Waals surface area contributed by atoms with Crippen LogP contribution in [0.5, 0.6) is 0 Å². The summed E-state index contributed by atoms with van der Waals surface area (Å²) in [7, 11) is -0.523. The van der Waals surface area contributed by atoms with Crippen LogP contribution in [0.25, 0.3) is 27.3 Å². The summed E-state index contributed by atoms with van der Waals surface area (Å²) >= 11 is 0. The third kappa shape index (κ3) is 2.55. The van der Waals surface area contributed by atoms with Gasteiger partial charge < -0.3 is 9.31 Å². The van der Waals surface area contributed by atoms with Crippen molar-refractivity contribution in [2.75, 3.05) is 0 Å². The van der Waals surface area contributed by atoms with Gasteiger partial charge in [-0.25, -0.2) is 9.37 Å². The Morgan fingerprint density at radius 2 is 1.62 bits per heavy atom. The Morgan fingerprint density at radius 1 is 0.931 bits per heavy atom. The molecule has 0 amide bonds. The Hall–Kier alpha value is -2.44. The number of aromatic nitrogens is 2. The van der Waals surface area contributed by atoms with Crippen LogP contribution in [-0.4, -0.2) is 27.7 Å². The molecule has 0 saturated carbocycles. The third-order valence-corrected chi connectivity index (χ3v) is 6.47. The van der Waals surface area contributed by atoms with E-state index in [-0.39, 0.29) is 5.82 Å². The molecule has 2 aromatic carbocycles. The van der Waals surface area contributed by atoms with Gasteiger partial charge in [0.2, 0.25) is 0 Å². The zero-order valence-corrected chi connectivity index (χ0v) is 17.6. The molecule has 29 heavy (non-hydrogen) atoms. The summed E-state index contributed by atoms with van der Waals surface area (Å²) in [6.07, 6.45) is 0. The van der Waals surface area contributed by atoms with Crippen molar-refractivity contribution in [1.82, 2.24) is 9.38 Å². The van der Waals surface area contributed by atoms with Crippen molar-refractivity contribution in [3.8, 4) is 0 Å². The van der Waals surface area contributed by atoms with Crippen LogP contribution in [0.2, 0.25) is 0 Å². The second-order valence-corrected chi connectivity index (χ2v) is 9.04. The zero-order chi connectivity index (χ0) is 20.7. The van der Waals surface area contributed by atoms with Crippen molar-refractivity contribution in [2.24, 2.45) is 0 Å². The summed E-state index contributed by atoms with van der Waals surface area (Å²) in [4.78, 5) is 4.71. The molecule has 0 N–H and O–H groups in total. The fourth-order valence-electron chi connectivity index (χ4n) is 4.13. The van der Waals surface area contributed by atoms with Crippen LogP contribution in [0.4, 0.5) is 4.39 Å². The molecule has 5 rings (SSSR count). The maximum absolute atomic E-state index is 15.7. The van der Waals surface area contributed by atoms with Crippen molar-refractivity contribution in [2.45, 2.75) is 52.7 Å². The average molecular weight is 390 g/mol. The highest BCUT2D eigenvalue weighted by Crippen LogP contribution is 2.37. The van der Waals surface area contributed by atoms with E-state index in [2.05, 4.69) is 0 Å². The molecule has 6 heteroatoms. The number of aryl methyl sites for hydroxylation is 2. The first-order chi connectivity index (χ1) is 13.6. The van der Waals surface area contributed by atoms with Crippen LogP contribution in [0.15, 0.2) is 36.4 Å². The lowest BCUT2D eigenvalue weighted by Crippen LogP contribution is -2.41. The summed E-state index contributed by atoms with van der Waals surface area (Å²) in [6, 6.07) is 11.7. The SMILES string of the molecule is Cc1ccc2c(c1)nc(C)n1c3ccc(B4OC(C)(C)C(C)(C)O4)cc3c(F)c21. The molecule has 0 aliphatic carbocycles. The minimum absolute atomic E-state index is 0.238. The van der Waals surface area contributed by atoms with E-state index >= 15 is 4.39 Å². The van der Waals surface area contributed by atoms with E-state index in [1.54, 1.807) is 0 Å². The third-order valence-electron chi connectivity index (χ3n) is 6.47. The van der Waals surface area contributed by atoms with Gasteiger partial charge in [-0.05, 0) is 64.7 Å².